The van der Waals surface area contributed by atoms with Crippen molar-refractivity contribution >= 4 is 5.65 Å². The van der Waals surface area contributed by atoms with Gasteiger partial charge in [0.2, 0.25) is 5.65 Å². The van der Waals surface area contributed by atoms with Gasteiger partial charge in [-0.25, -0.2) is 0 Å². The molecule has 0 aliphatic heterocycles. The number of hydrogen-bond acceptors (Lipinski definition) is 4. The highest BCUT2D eigenvalue weighted by Crippen LogP contribution is 2.15. The lowest BCUT2D eigenvalue weighted by atomic mass is 10.2. The van der Waals surface area contributed by atoms with E-state index < -0.39 is 0 Å². The summed E-state index contributed by atoms with van der Waals surface area (Å²) in [6.45, 7) is 4.04. The first kappa shape index (κ1) is 13.4. The second kappa shape index (κ2) is 5.05. The number of nitrogens with zero attached hydrogens (tertiary/aromatic N) is 4. The molecule has 2 heterocycles. The molecule has 3 rings (SSSR count). The lowest BCUT2D eigenvalue weighted by Crippen LogP contribution is -2.20. The summed E-state index contributed by atoms with van der Waals surface area (Å²) in [6, 6.07) is 7.29. The van der Waals surface area contributed by atoms with E-state index in [-0.39, 0.29) is 11.5 Å². The normalized spacial score (nSPS) is 11.2. The number of hydrogen-bond donors (Lipinski definition) is 0. The molecular formula is C15H16N4O2. The third-order valence-electron chi connectivity index (χ3n) is 3.36. The Balaban J connectivity index is 2.16. The summed E-state index contributed by atoms with van der Waals surface area (Å²) in [5, 5.41) is 8.11. The fraction of sp³-hybridized carbons (Fsp3) is 0.267. The molecule has 0 radical (unpaired) electrons. The summed E-state index contributed by atoms with van der Waals surface area (Å²) in [4.78, 5) is 12.5. The lowest BCUT2D eigenvalue weighted by Gasteiger charge is -2.08. The van der Waals surface area contributed by atoms with Gasteiger partial charge in [-0.1, -0.05) is 13.8 Å². The molecule has 6 heteroatoms. The van der Waals surface area contributed by atoms with E-state index in [1.807, 2.05) is 44.3 Å². The van der Waals surface area contributed by atoms with Crippen LogP contribution >= 0.6 is 0 Å². The molecule has 21 heavy (non-hydrogen) atoms. The minimum atomic E-state index is -0.193. The van der Waals surface area contributed by atoms with E-state index in [4.69, 9.17) is 4.74 Å². The minimum Gasteiger partial charge on any atom is -0.497 e. The zero-order chi connectivity index (χ0) is 15.0. The smallest absolute Gasteiger partial charge is 0.300 e. The van der Waals surface area contributed by atoms with Gasteiger partial charge < -0.3 is 4.74 Å². The number of fused-ring (bicyclic) bond motifs is 1. The van der Waals surface area contributed by atoms with Crippen LogP contribution in [0.4, 0.5) is 0 Å². The topological polar surface area (TPSA) is 61.4 Å². The molecule has 108 valence electrons. The van der Waals surface area contributed by atoms with Gasteiger partial charge >= 0.3 is 5.56 Å². The van der Waals surface area contributed by atoms with Crippen molar-refractivity contribution in [2.45, 2.75) is 19.8 Å². The minimum absolute atomic E-state index is 0.193. The molecule has 0 saturated carbocycles. The molecule has 0 fully saturated rings. The second-order valence-corrected chi connectivity index (χ2v) is 5.08. The Labute approximate surface area is 121 Å². The van der Waals surface area contributed by atoms with Crippen LogP contribution < -0.4 is 10.3 Å². The van der Waals surface area contributed by atoms with Crippen LogP contribution in [0.5, 0.6) is 5.75 Å². The Morgan fingerprint density at radius 1 is 1.10 bits per heavy atom. The van der Waals surface area contributed by atoms with Gasteiger partial charge in [0.05, 0.1) is 7.11 Å². The largest absolute Gasteiger partial charge is 0.497 e. The Morgan fingerprint density at radius 2 is 1.81 bits per heavy atom. The zero-order valence-electron chi connectivity index (χ0n) is 12.1. The SMILES string of the molecule is COc1ccc(-n2ccn3c(C(C)C)nnc3c2=O)cc1. The summed E-state index contributed by atoms with van der Waals surface area (Å²) in [5.74, 6) is 1.73. The fourth-order valence-electron chi connectivity index (χ4n) is 2.24. The third-order valence-corrected chi connectivity index (χ3v) is 3.36. The molecule has 1 aromatic carbocycles. The molecule has 0 atom stereocenters. The van der Waals surface area contributed by atoms with Gasteiger partial charge in [0.15, 0.2) is 0 Å². The van der Waals surface area contributed by atoms with Crippen molar-refractivity contribution in [2.75, 3.05) is 7.11 Å². The van der Waals surface area contributed by atoms with Gasteiger partial charge in [-0.3, -0.25) is 13.8 Å². The molecule has 0 saturated heterocycles. The van der Waals surface area contributed by atoms with Gasteiger partial charge in [-0.05, 0) is 24.3 Å². The summed E-state index contributed by atoms with van der Waals surface area (Å²) < 4.78 is 8.41. The summed E-state index contributed by atoms with van der Waals surface area (Å²) in [6.07, 6.45) is 3.54. The molecule has 0 N–H and O–H groups in total. The lowest BCUT2D eigenvalue weighted by molar-refractivity contribution is 0.414. The van der Waals surface area contributed by atoms with Gasteiger partial charge in [-0.2, -0.15) is 0 Å². The highest BCUT2D eigenvalue weighted by molar-refractivity contribution is 5.42. The predicted molar refractivity (Wildman–Crippen MR) is 79.2 cm³/mol. The fourth-order valence-corrected chi connectivity index (χ4v) is 2.24. The van der Waals surface area contributed by atoms with Crippen molar-refractivity contribution < 1.29 is 4.74 Å². The summed E-state index contributed by atoms with van der Waals surface area (Å²) in [7, 11) is 1.61. The maximum Gasteiger partial charge on any atom is 0.300 e. The molecule has 0 amide bonds. The van der Waals surface area contributed by atoms with Crippen molar-refractivity contribution in [1.82, 2.24) is 19.2 Å². The van der Waals surface area contributed by atoms with Crippen LogP contribution in [-0.2, 0) is 0 Å². The Morgan fingerprint density at radius 3 is 2.43 bits per heavy atom. The Bertz CT molecular complexity index is 831. The molecule has 0 spiro atoms. The van der Waals surface area contributed by atoms with E-state index in [0.29, 0.717) is 5.65 Å². The quantitative estimate of drug-likeness (QED) is 0.738. The Kier molecular flexibility index (Phi) is 3.21. The number of methoxy groups -OCH3 is 1. The second-order valence-electron chi connectivity index (χ2n) is 5.08. The number of rotatable bonds is 3. The van der Waals surface area contributed by atoms with Crippen LogP contribution in [0, 0.1) is 0 Å². The Hall–Kier alpha value is -2.63. The monoisotopic (exact) mass is 284 g/mol. The van der Waals surface area contributed by atoms with Crippen LogP contribution in [0.2, 0.25) is 0 Å². The maximum absolute atomic E-state index is 12.5. The van der Waals surface area contributed by atoms with Gasteiger partial charge in [0, 0.05) is 24.0 Å². The first-order chi connectivity index (χ1) is 10.1. The summed E-state index contributed by atoms with van der Waals surface area (Å²) in [5.41, 5.74) is 0.900. The van der Waals surface area contributed by atoms with E-state index in [2.05, 4.69) is 10.2 Å². The van der Waals surface area contributed by atoms with Gasteiger partial charge in [-0.15, -0.1) is 10.2 Å². The maximum atomic E-state index is 12.5. The van der Waals surface area contributed by atoms with Crippen LogP contribution in [0.25, 0.3) is 11.3 Å². The van der Waals surface area contributed by atoms with Crippen LogP contribution in [0.15, 0.2) is 41.5 Å². The molecule has 6 nitrogen and oxygen atoms in total. The van der Waals surface area contributed by atoms with Crippen molar-refractivity contribution in [2.24, 2.45) is 0 Å². The van der Waals surface area contributed by atoms with Crippen LogP contribution in [0.3, 0.4) is 0 Å². The zero-order valence-corrected chi connectivity index (χ0v) is 12.1. The molecule has 0 aliphatic carbocycles. The van der Waals surface area contributed by atoms with E-state index in [1.165, 1.54) is 0 Å². The predicted octanol–water partition coefficient (Wildman–Crippen LogP) is 2.01. The van der Waals surface area contributed by atoms with E-state index in [9.17, 15) is 4.79 Å². The number of benzene rings is 1. The van der Waals surface area contributed by atoms with Gasteiger partial charge in [0.1, 0.15) is 11.6 Å². The van der Waals surface area contributed by atoms with Crippen LogP contribution in [0.1, 0.15) is 25.6 Å². The highest BCUT2D eigenvalue weighted by atomic mass is 16.5. The number of ether oxygens (including phenoxy) is 1. The molecule has 0 aliphatic rings. The summed E-state index contributed by atoms with van der Waals surface area (Å²) >= 11 is 0. The molecular weight excluding hydrogens is 268 g/mol. The average Bonchev–Trinajstić information content (AvgIpc) is 2.93. The van der Waals surface area contributed by atoms with Crippen molar-refractivity contribution in [3.05, 3.63) is 52.8 Å². The third kappa shape index (κ3) is 2.18. The van der Waals surface area contributed by atoms with E-state index in [1.54, 1.807) is 22.3 Å². The van der Waals surface area contributed by atoms with E-state index >= 15 is 0 Å². The number of aromatic nitrogens is 4. The molecule has 0 unspecified atom stereocenters. The first-order valence-corrected chi connectivity index (χ1v) is 6.72. The standard InChI is InChI=1S/C15H16N4O2/c1-10(2)13-16-17-14-15(20)18(8-9-19(13)14)11-4-6-12(21-3)7-5-11/h4-10H,1-3H3. The van der Waals surface area contributed by atoms with Crippen LogP contribution in [-0.4, -0.2) is 26.3 Å². The first-order valence-electron chi connectivity index (χ1n) is 6.72. The van der Waals surface area contributed by atoms with Crippen molar-refractivity contribution in [3.63, 3.8) is 0 Å². The average molecular weight is 284 g/mol. The molecule has 3 aromatic rings. The van der Waals surface area contributed by atoms with Gasteiger partial charge in [0.25, 0.3) is 0 Å². The van der Waals surface area contributed by atoms with Crippen molar-refractivity contribution in [3.8, 4) is 11.4 Å². The van der Waals surface area contributed by atoms with Crippen molar-refractivity contribution in [1.29, 1.82) is 0 Å². The van der Waals surface area contributed by atoms with E-state index in [0.717, 1.165) is 17.3 Å². The highest BCUT2D eigenvalue weighted by Gasteiger charge is 2.13. The molecule has 0 bridgehead atoms. The molecule has 2 aromatic heterocycles.